The van der Waals surface area contributed by atoms with E-state index in [1.807, 2.05) is 13.0 Å². The van der Waals surface area contributed by atoms with Crippen molar-refractivity contribution < 1.29 is 15.0 Å². The first kappa shape index (κ1) is 12.9. The Morgan fingerprint density at radius 1 is 1.25 bits per heavy atom. The Kier molecular flexibility index (Phi) is 5.15. The van der Waals surface area contributed by atoms with Gasteiger partial charge in [0.25, 0.3) is 0 Å². The highest BCUT2D eigenvalue weighted by molar-refractivity contribution is 5.99. The Bertz CT molecular complexity index is 321. The molecule has 2 N–H and O–H groups in total. The zero-order valence-electron chi connectivity index (χ0n) is 9.47. The van der Waals surface area contributed by atoms with Gasteiger partial charge in [-0.3, -0.25) is 4.79 Å². The number of aliphatic hydroxyl groups excluding tert-OH is 2. The van der Waals surface area contributed by atoms with Crippen LogP contribution in [0.5, 0.6) is 0 Å². The van der Waals surface area contributed by atoms with Crippen molar-refractivity contribution in [3.63, 3.8) is 0 Å². The summed E-state index contributed by atoms with van der Waals surface area (Å²) in [6.07, 6.45) is -0.148. The fraction of sp³-hybridized carbons (Fsp3) is 0.462. The van der Waals surface area contributed by atoms with Crippen LogP contribution in [0.15, 0.2) is 30.3 Å². The molecule has 0 heterocycles. The second-order valence-electron chi connectivity index (χ2n) is 3.92. The van der Waals surface area contributed by atoms with Crippen LogP contribution in [0.25, 0.3) is 0 Å². The van der Waals surface area contributed by atoms with Gasteiger partial charge in [-0.25, -0.2) is 0 Å². The summed E-state index contributed by atoms with van der Waals surface area (Å²) in [7, 11) is 0. The summed E-state index contributed by atoms with van der Waals surface area (Å²) in [5, 5.41) is 19.2. The maximum atomic E-state index is 11.7. The summed E-state index contributed by atoms with van der Waals surface area (Å²) in [5.74, 6) is -0.323. The van der Waals surface area contributed by atoms with Crippen LogP contribution in [0, 0.1) is 0 Å². The van der Waals surface area contributed by atoms with E-state index < -0.39 is 12.2 Å². The molecule has 88 valence electrons. The van der Waals surface area contributed by atoms with Gasteiger partial charge < -0.3 is 10.2 Å². The van der Waals surface area contributed by atoms with Crippen LogP contribution < -0.4 is 0 Å². The maximum absolute atomic E-state index is 11.7. The van der Waals surface area contributed by atoms with Crippen LogP contribution >= 0.6 is 0 Å². The highest BCUT2D eigenvalue weighted by Gasteiger charge is 2.19. The van der Waals surface area contributed by atoms with E-state index in [2.05, 4.69) is 0 Å². The number of Topliss-reactive ketones (excluding diaryl/α,β-unsaturated/α-hetero) is 1. The second kappa shape index (κ2) is 6.40. The molecule has 0 saturated heterocycles. The predicted octanol–water partition coefficient (Wildman–Crippen LogP) is 1.78. The number of rotatable bonds is 6. The summed E-state index contributed by atoms with van der Waals surface area (Å²) in [6, 6.07) is 8.65. The zero-order valence-corrected chi connectivity index (χ0v) is 9.47. The Morgan fingerprint density at radius 3 is 2.44 bits per heavy atom. The Morgan fingerprint density at radius 2 is 1.88 bits per heavy atom. The molecule has 3 heteroatoms. The van der Waals surface area contributed by atoms with Crippen LogP contribution in [0.3, 0.4) is 0 Å². The van der Waals surface area contributed by atoms with E-state index in [1.165, 1.54) is 0 Å². The third-order valence-corrected chi connectivity index (χ3v) is 2.48. The molecular weight excluding hydrogens is 204 g/mol. The quantitative estimate of drug-likeness (QED) is 0.721. The number of hydrogen-bond acceptors (Lipinski definition) is 3. The number of aliphatic hydroxyl groups is 2. The molecule has 1 rings (SSSR count). The van der Waals surface area contributed by atoms with Gasteiger partial charge >= 0.3 is 0 Å². The van der Waals surface area contributed by atoms with Crippen molar-refractivity contribution in [1.82, 2.24) is 0 Å². The molecule has 0 amide bonds. The standard InChI is InChI=1S/C13H18O3/c1-2-6-11(14)9-12(15)13(16)10-7-4-3-5-8-10/h3-5,7-8,11-12,14-15H,2,6,9H2,1H3. The third-order valence-electron chi connectivity index (χ3n) is 2.48. The number of carbonyl (C=O) groups is 1. The lowest BCUT2D eigenvalue weighted by Crippen LogP contribution is -2.26. The van der Waals surface area contributed by atoms with Gasteiger partial charge in [0, 0.05) is 12.0 Å². The molecule has 0 saturated carbocycles. The topological polar surface area (TPSA) is 57.5 Å². The Hall–Kier alpha value is -1.19. The van der Waals surface area contributed by atoms with Crippen molar-refractivity contribution in [2.75, 3.05) is 0 Å². The highest BCUT2D eigenvalue weighted by Crippen LogP contribution is 2.10. The average Bonchev–Trinajstić information content (AvgIpc) is 2.29. The monoisotopic (exact) mass is 222 g/mol. The molecule has 0 fully saturated rings. The fourth-order valence-electron chi connectivity index (χ4n) is 1.61. The van der Waals surface area contributed by atoms with Gasteiger partial charge in [-0.2, -0.15) is 0 Å². The Labute approximate surface area is 95.7 Å². The summed E-state index contributed by atoms with van der Waals surface area (Å²) >= 11 is 0. The molecule has 1 aromatic rings. The number of benzene rings is 1. The van der Waals surface area contributed by atoms with Crippen LogP contribution in [0.4, 0.5) is 0 Å². The SMILES string of the molecule is CCCC(O)CC(O)C(=O)c1ccccc1. The van der Waals surface area contributed by atoms with Crippen LogP contribution in [-0.2, 0) is 0 Å². The normalized spacial score (nSPS) is 14.4. The fourth-order valence-corrected chi connectivity index (χ4v) is 1.61. The lowest BCUT2D eigenvalue weighted by atomic mass is 10.00. The van der Waals surface area contributed by atoms with E-state index >= 15 is 0 Å². The van der Waals surface area contributed by atoms with Crippen molar-refractivity contribution in [1.29, 1.82) is 0 Å². The largest absolute Gasteiger partial charge is 0.393 e. The van der Waals surface area contributed by atoms with Gasteiger partial charge in [0.2, 0.25) is 0 Å². The van der Waals surface area contributed by atoms with Crippen molar-refractivity contribution in [2.45, 2.75) is 38.4 Å². The van der Waals surface area contributed by atoms with Crippen LogP contribution in [-0.4, -0.2) is 28.2 Å². The second-order valence-corrected chi connectivity index (χ2v) is 3.92. The molecule has 2 atom stereocenters. The smallest absolute Gasteiger partial charge is 0.191 e. The molecule has 0 bridgehead atoms. The first-order valence-electron chi connectivity index (χ1n) is 5.60. The van der Waals surface area contributed by atoms with E-state index in [9.17, 15) is 15.0 Å². The zero-order chi connectivity index (χ0) is 12.0. The summed E-state index contributed by atoms with van der Waals surface area (Å²) in [5.41, 5.74) is 0.485. The minimum absolute atomic E-state index is 0.113. The molecule has 1 aromatic carbocycles. The van der Waals surface area contributed by atoms with Crippen LogP contribution in [0.1, 0.15) is 36.5 Å². The van der Waals surface area contributed by atoms with Crippen molar-refractivity contribution in [3.05, 3.63) is 35.9 Å². The van der Waals surface area contributed by atoms with E-state index in [-0.39, 0.29) is 12.2 Å². The summed E-state index contributed by atoms with van der Waals surface area (Å²) in [6.45, 7) is 1.95. The minimum Gasteiger partial charge on any atom is -0.393 e. The third kappa shape index (κ3) is 3.76. The van der Waals surface area contributed by atoms with Gasteiger partial charge in [0.05, 0.1) is 6.10 Å². The van der Waals surface area contributed by atoms with Gasteiger partial charge in [0.1, 0.15) is 6.10 Å². The lowest BCUT2D eigenvalue weighted by Gasteiger charge is -2.14. The molecule has 3 nitrogen and oxygen atoms in total. The molecular formula is C13H18O3. The molecule has 0 aliphatic rings. The highest BCUT2D eigenvalue weighted by atomic mass is 16.3. The molecule has 16 heavy (non-hydrogen) atoms. The number of ketones is 1. The molecule has 0 radical (unpaired) electrons. The van der Waals surface area contributed by atoms with Crippen molar-refractivity contribution in [2.24, 2.45) is 0 Å². The summed E-state index contributed by atoms with van der Waals surface area (Å²) < 4.78 is 0. The van der Waals surface area contributed by atoms with E-state index in [1.54, 1.807) is 24.3 Å². The van der Waals surface area contributed by atoms with Crippen molar-refractivity contribution >= 4 is 5.78 Å². The molecule has 0 spiro atoms. The van der Waals surface area contributed by atoms with Gasteiger partial charge in [-0.05, 0) is 6.42 Å². The first-order chi connectivity index (χ1) is 7.65. The van der Waals surface area contributed by atoms with Gasteiger partial charge in [-0.1, -0.05) is 43.7 Å². The molecule has 0 aromatic heterocycles. The predicted molar refractivity (Wildman–Crippen MR) is 62.3 cm³/mol. The van der Waals surface area contributed by atoms with E-state index in [0.717, 1.165) is 6.42 Å². The lowest BCUT2D eigenvalue weighted by molar-refractivity contribution is 0.0537. The number of hydrogen-bond donors (Lipinski definition) is 2. The Balaban J connectivity index is 2.55. The van der Waals surface area contributed by atoms with Crippen LogP contribution in [0.2, 0.25) is 0 Å². The maximum Gasteiger partial charge on any atom is 0.191 e. The number of carbonyl (C=O) groups excluding carboxylic acids is 1. The molecule has 0 aliphatic carbocycles. The van der Waals surface area contributed by atoms with E-state index in [0.29, 0.717) is 12.0 Å². The first-order valence-corrected chi connectivity index (χ1v) is 5.60. The van der Waals surface area contributed by atoms with Gasteiger partial charge in [-0.15, -0.1) is 0 Å². The molecule has 0 aliphatic heterocycles. The van der Waals surface area contributed by atoms with E-state index in [4.69, 9.17) is 0 Å². The van der Waals surface area contributed by atoms with Crippen molar-refractivity contribution in [3.8, 4) is 0 Å². The average molecular weight is 222 g/mol. The summed E-state index contributed by atoms with van der Waals surface area (Å²) in [4.78, 5) is 11.7. The van der Waals surface area contributed by atoms with Gasteiger partial charge in [0.15, 0.2) is 5.78 Å². The minimum atomic E-state index is -1.11. The molecule has 2 unspecified atom stereocenters.